The van der Waals surface area contributed by atoms with Crippen LogP contribution in [0.1, 0.15) is 16.1 Å². The lowest BCUT2D eigenvalue weighted by Gasteiger charge is -2.08. The van der Waals surface area contributed by atoms with E-state index < -0.39 is 5.97 Å². The summed E-state index contributed by atoms with van der Waals surface area (Å²) in [6.45, 7) is 0. The molecule has 2 aromatic rings. The number of methoxy groups -OCH3 is 1. The van der Waals surface area contributed by atoms with Crippen molar-refractivity contribution in [2.75, 3.05) is 12.8 Å². The third kappa shape index (κ3) is 2.68. The highest BCUT2D eigenvalue weighted by atomic mass is 32.2. The van der Waals surface area contributed by atoms with E-state index in [1.807, 2.05) is 18.2 Å². The zero-order chi connectivity index (χ0) is 13.0. The molecular weight excluding hydrogens is 250 g/mol. The van der Waals surface area contributed by atoms with Crippen molar-refractivity contribution in [2.24, 2.45) is 0 Å². The summed E-state index contributed by atoms with van der Waals surface area (Å²) in [4.78, 5) is 12.3. The molecule has 0 aliphatic carbocycles. The summed E-state index contributed by atoms with van der Waals surface area (Å²) in [6.07, 6.45) is 1.63. The average Bonchev–Trinajstić information content (AvgIpc) is 2.90. The number of thioether (sulfide) groups is 1. The second-order valence-electron chi connectivity index (χ2n) is 3.58. The molecule has 0 saturated carbocycles. The summed E-state index contributed by atoms with van der Waals surface area (Å²) < 4.78 is 9.92. The highest BCUT2D eigenvalue weighted by molar-refractivity contribution is 7.98. The van der Waals surface area contributed by atoms with Crippen molar-refractivity contribution in [3.63, 3.8) is 0 Å². The maximum Gasteiger partial charge on any atom is 0.339 e. The number of carbonyl (C=O) groups excluding carboxylic acids is 1. The second kappa shape index (κ2) is 5.64. The molecule has 94 valence electrons. The summed E-state index contributed by atoms with van der Waals surface area (Å²) in [6, 6.07) is 9.04. The molecule has 0 amide bonds. The van der Waals surface area contributed by atoms with E-state index in [-0.39, 0.29) is 0 Å². The highest BCUT2D eigenvalue weighted by Crippen LogP contribution is 2.30. The van der Waals surface area contributed by atoms with Crippen LogP contribution in [0.15, 0.2) is 45.9 Å². The molecule has 1 aromatic heterocycles. The van der Waals surface area contributed by atoms with Crippen molar-refractivity contribution in [2.45, 2.75) is 10.6 Å². The van der Waals surface area contributed by atoms with Crippen molar-refractivity contribution in [1.29, 1.82) is 0 Å². The summed E-state index contributed by atoms with van der Waals surface area (Å²) >= 11 is 1.52. The smallest absolute Gasteiger partial charge is 0.339 e. The summed E-state index contributed by atoms with van der Waals surface area (Å²) in [5.74, 6) is 1.11. The number of carbonyl (C=O) groups is 1. The third-order valence-corrected chi connectivity index (χ3v) is 3.52. The van der Waals surface area contributed by atoms with Gasteiger partial charge in [-0.25, -0.2) is 4.79 Å². The molecular formula is C13H13NO3S. The van der Waals surface area contributed by atoms with E-state index in [9.17, 15) is 4.79 Å². The number of furan rings is 1. The monoisotopic (exact) mass is 263 g/mol. The van der Waals surface area contributed by atoms with Gasteiger partial charge in [-0.3, -0.25) is 0 Å². The van der Waals surface area contributed by atoms with Crippen LogP contribution >= 0.6 is 11.8 Å². The summed E-state index contributed by atoms with van der Waals surface area (Å²) in [5.41, 5.74) is 6.78. The first-order chi connectivity index (χ1) is 8.72. The number of ether oxygens (including phenoxy) is 1. The van der Waals surface area contributed by atoms with Crippen molar-refractivity contribution < 1.29 is 13.9 Å². The van der Waals surface area contributed by atoms with Gasteiger partial charge in [0.15, 0.2) is 0 Å². The molecule has 0 aliphatic rings. The first-order valence-electron chi connectivity index (χ1n) is 5.34. The number of rotatable bonds is 4. The highest BCUT2D eigenvalue weighted by Gasteiger charge is 2.13. The van der Waals surface area contributed by atoms with E-state index in [0.29, 0.717) is 17.0 Å². The number of nitrogen functional groups attached to an aromatic ring is 1. The second-order valence-corrected chi connectivity index (χ2v) is 4.59. The van der Waals surface area contributed by atoms with Crippen LogP contribution in [0.25, 0.3) is 0 Å². The molecule has 4 nitrogen and oxygen atoms in total. The molecule has 0 fully saturated rings. The van der Waals surface area contributed by atoms with Gasteiger partial charge in [-0.2, -0.15) is 0 Å². The maximum atomic E-state index is 11.5. The van der Waals surface area contributed by atoms with Crippen LogP contribution in [-0.4, -0.2) is 13.1 Å². The van der Waals surface area contributed by atoms with Crippen LogP contribution in [0.3, 0.4) is 0 Å². The van der Waals surface area contributed by atoms with Crippen LogP contribution in [-0.2, 0) is 10.5 Å². The van der Waals surface area contributed by atoms with Crippen LogP contribution in [0.2, 0.25) is 0 Å². The van der Waals surface area contributed by atoms with Gasteiger partial charge >= 0.3 is 5.97 Å². The standard InChI is InChI=1S/C13H13NO3S/c1-16-13(15)10-5-2-6-11(12(10)14)18-8-9-4-3-7-17-9/h2-7H,8,14H2,1H3. The minimum atomic E-state index is -0.423. The molecule has 5 heteroatoms. The fraction of sp³-hybridized carbons (Fsp3) is 0.154. The third-order valence-electron chi connectivity index (χ3n) is 2.42. The predicted molar refractivity (Wildman–Crippen MR) is 70.5 cm³/mol. The quantitative estimate of drug-likeness (QED) is 0.522. The molecule has 0 bridgehead atoms. The summed E-state index contributed by atoms with van der Waals surface area (Å²) in [7, 11) is 1.34. The number of hydrogen-bond acceptors (Lipinski definition) is 5. The molecule has 1 heterocycles. The molecule has 2 N–H and O–H groups in total. The Morgan fingerprint density at radius 1 is 1.39 bits per heavy atom. The molecule has 2 rings (SSSR count). The maximum absolute atomic E-state index is 11.5. The van der Waals surface area contributed by atoms with Crippen LogP contribution < -0.4 is 5.73 Å². The molecule has 0 saturated heterocycles. The Kier molecular flexibility index (Phi) is 3.94. The number of esters is 1. The fourth-order valence-electron chi connectivity index (χ4n) is 1.50. The largest absolute Gasteiger partial charge is 0.468 e. The lowest BCUT2D eigenvalue weighted by molar-refractivity contribution is 0.0601. The van der Waals surface area contributed by atoms with Gasteiger partial charge in [0.2, 0.25) is 0 Å². The van der Waals surface area contributed by atoms with Crippen LogP contribution in [0.5, 0.6) is 0 Å². The van der Waals surface area contributed by atoms with Gasteiger partial charge in [-0.1, -0.05) is 6.07 Å². The number of nitrogens with two attached hydrogens (primary N) is 1. The predicted octanol–water partition coefficient (Wildman–Crippen LogP) is 2.94. The molecule has 0 unspecified atom stereocenters. The molecule has 1 aromatic carbocycles. The van der Waals surface area contributed by atoms with Gasteiger partial charge in [0, 0.05) is 4.90 Å². The Balaban J connectivity index is 2.16. The molecule has 0 atom stereocenters. The summed E-state index contributed by atoms with van der Waals surface area (Å²) in [5, 5.41) is 0. The number of hydrogen-bond donors (Lipinski definition) is 1. The Morgan fingerprint density at radius 3 is 2.89 bits per heavy atom. The SMILES string of the molecule is COC(=O)c1cccc(SCc2ccco2)c1N. The van der Waals surface area contributed by atoms with E-state index in [2.05, 4.69) is 4.74 Å². The van der Waals surface area contributed by atoms with Crippen molar-refractivity contribution >= 4 is 23.4 Å². The Labute approximate surface area is 109 Å². The average molecular weight is 263 g/mol. The normalized spacial score (nSPS) is 10.3. The number of anilines is 1. The fourth-order valence-corrected chi connectivity index (χ4v) is 2.40. The van der Waals surface area contributed by atoms with E-state index >= 15 is 0 Å². The van der Waals surface area contributed by atoms with Gasteiger partial charge in [-0.15, -0.1) is 11.8 Å². The molecule has 0 spiro atoms. The Hall–Kier alpha value is -1.88. The first kappa shape index (κ1) is 12.6. The van der Waals surface area contributed by atoms with Gasteiger partial charge < -0.3 is 14.9 Å². The van der Waals surface area contributed by atoms with Crippen LogP contribution in [0, 0.1) is 0 Å². The lowest BCUT2D eigenvalue weighted by atomic mass is 10.2. The van der Waals surface area contributed by atoms with E-state index in [4.69, 9.17) is 10.2 Å². The van der Waals surface area contributed by atoms with Crippen molar-refractivity contribution in [3.05, 3.63) is 47.9 Å². The molecule has 0 radical (unpaired) electrons. The van der Waals surface area contributed by atoms with Gasteiger partial charge in [-0.05, 0) is 24.3 Å². The Morgan fingerprint density at radius 2 is 2.22 bits per heavy atom. The van der Waals surface area contributed by atoms with E-state index in [0.717, 1.165) is 10.7 Å². The van der Waals surface area contributed by atoms with E-state index in [1.54, 1.807) is 18.4 Å². The first-order valence-corrected chi connectivity index (χ1v) is 6.33. The molecule has 18 heavy (non-hydrogen) atoms. The van der Waals surface area contributed by atoms with Gasteiger partial charge in [0.1, 0.15) is 5.76 Å². The van der Waals surface area contributed by atoms with Crippen LogP contribution in [0.4, 0.5) is 5.69 Å². The zero-order valence-corrected chi connectivity index (χ0v) is 10.7. The van der Waals surface area contributed by atoms with Gasteiger partial charge in [0.05, 0.1) is 30.4 Å². The molecule has 0 aliphatic heterocycles. The topological polar surface area (TPSA) is 65.5 Å². The Bertz CT molecular complexity index is 537. The van der Waals surface area contributed by atoms with Crippen molar-refractivity contribution in [3.8, 4) is 0 Å². The minimum absolute atomic E-state index is 0.391. The lowest BCUT2D eigenvalue weighted by Crippen LogP contribution is -2.06. The number of para-hydroxylation sites is 1. The minimum Gasteiger partial charge on any atom is -0.468 e. The number of benzene rings is 1. The zero-order valence-electron chi connectivity index (χ0n) is 9.88. The van der Waals surface area contributed by atoms with E-state index in [1.165, 1.54) is 18.9 Å². The van der Waals surface area contributed by atoms with Gasteiger partial charge in [0.25, 0.3) is 0 Å². The van der Waals surface area contributed by atoms with Crippen molar-refractivity contribution in [1.82, 2.24) is 0 Å².